The summed E-state index contributed by atoms with van der Waals surface area (Å²) in [6.07, 6.45) is -1.79. The van der Waals surface area contributed by atoms with Crippen molar-refractivity contribution in [1.82, 2.24) is 24.6 Å². The number of rotatable bonds is 5. The Morgan fingerprint density at radius 2 is 1.93 bits per heavy atom. The van der Waals surface area contributed by atoms with Crippen molar-refractivity contribution in [3.63, 3.8) is 0 Å². The minimum absolute atomic E-state index is 0.0431. The Labute approximate surface area is 170 Å². The van der Waals surface area contributed by atoms with Gasteiger partial charge in [-0.25, -0.2) is 9.67 Å². The third-order valence-corrected chi connectivity index (χ3v) is 4.52. The van der Waals surface area contributed by atoms with Gasteiger partial charge in [0.15, 0.2) is 5.65 Å². The predicted molar refractivity (Wildman–Crippen MR) is 105 cm³/mol. The summed E-state index contributed by atoms with van der Waals surface area (Å²) in [7, 11) is 0. The standard InChI is InChI=1S/C20H22F3N5O2/c1-19(2,3)18(30)24-7-8-28-16-15(10-26-28)17(29)27(12-25-16)11-13-5-4-6-14(9-13)20(21,22)23/h4-6,9-10,12H,7-8,11H2,1-3H3,(H,24,30). The highest BCUT2D eigenvalue weighted by Crippen LogP contribution is 2.29. The normalized spacial score (nSPS) is 12.3. The minimum atomic E-state index is -4.45. The lowest BCUT2D eigenvalue weighted by atomic mass is 9.96. The van der Waals surface area contributed by atoms with Crippen LogP contribution in [0.2, 0.25) is 0 Å². The molecule has 2 heterocycles. The van der Waals surface area contributed by atoms with Gasteiger partial charge in [-0.3, -0.25) is 14.2 Å². The summed E-state index contributed by atoms with van der Waals surface area (Å²) >= 11 is 0. The maximum Gasteiger partial charge on any atom is 0.416 e. The maximum atomic E-state index is 12.9. The monoisotopic (exact) mass is 421 g/mol. The number of aromatic nitrogens is 4. The van der Waals surface area contributed by atoms with E-state index in [0.717, 1.165) is 12.1 Å². The molecular formula is C20H22F3N5O2. The van der Waals surface area contributed by atoms with E-state index in [1.165, 1.54) is 33.9 Å². The molecule has 2 aromatic heterocycles. The third kappa shape index (κ3) is 4.69. The van der Waals surface area contributed by atoms with Crippen LogP contribution < -0.4 is 10.9 Å². The Kier molecular flexibility index (Phi) is 5.69. The first-order chi connectivity index (χ1) is 14.0. The highest BCUT2D eigenvalue weighted by Gasteiger charge is 2.30. The number of nitrogens with zero attached hydrogens (tertiary/aromatic N) is 4. The summed E-state index contributed by atoms with van der Waals surface area (Å²) in [5, 5.41) is 7.21. The molecule has 0 radical (unpaired) electrons. The van der Waals surface area contributed by atoms with E-state index in [4.69, 9.17) is 0 Å². The zero-order valence-corrected chi connectivity index (χ0v) is 16.8. The lowest BCUT2D eigenvalue weighted by Gasteiger charge is -2.17. The number of carbonyl (C=O) groups is 1. The molecule has 1 N–H and O–H groups in total. The lowest BCUT2D eigenvalue weighted by Crippen LogP contribution is -2.36. The summed E-state index contributed by atoms with van der Waals surface area (Å²) in [5.41, 5.74) is -0.994. The number of carbonyl (C=O) groups excluding carboxylic acids is 1. The molecule has 0 spiro atoms. The smallest absolute Gasteiger partial charge is 0.354 e. The molecule has 160 valence electrons. The predicted octanol–water partition coefficient (Wildman–Crippen LogP) is 2.82. The van der Waals surface area contributed by atoms with Crippen LogP contribution in [0.15, 0.2) is 41.6 Å². The third-order valence-electron chi connectivity index (χ3n) is 4.52. The quantitative estimate of drug-likeness (QED) is 0.687. The van der Waals surface area contributed by atoms with Crippen molar-refractivity contribution < 1.29 is 18.0 Å². The van der Waals surface area contributed by atoms with Gasteiger partial charge in [0.05, 0.1) is 24.8 Å². The number of amides is 1. The molecule has 0 atom stereocenters. The molecule has 0 bridgehead atoms. The number of hydrogen-bond donors (Lipinski definition) is 1. The summed E-state index contributed by atoms with van der Waals surface area (Å²) in [6, 6.07) is 4.82. The Bertz CT molecular complexity index is 1130. The molecule has 0 saturated carbocycles. The molecular weight excluding hydrogens is 399 g/mol. The van der Waals surface area contributed by atoms with E-state index < -0.39 is 22.7 Å². The molecule has 3 aromatic rings. The van der Waals surface area contributed by atoms with E-state index in [9.17, 15) is 22.8 Å². The molecule has 0 saturated heterocycles. The second kappa shape index (κ2) is 7.92. The first kappa shape index (κ1) is 21.5. The van der Waals surface area contributed by atoms with Crippen LogP contribution in [0.25, 0.3) is 11.0 Å². The molecule has 0 aliphatic rings. The van der Waals surface area contributed by atoms with Gasteiger partial charge in [0.25, 0.3) is 5.56 Å². The molecule has 7 nitrogen and oxygen atoms in total. The Morgan fingerprint density at radius 1 is 1.20 bits per heavy atom. The fourth-order valence-corrected chi connectivity index (χ4v) is 2.86. The topological polar surface area (TPSA) is 81.8 Å². The van der Waals surface area contributed by atoms with Crippen LogP contribution in [-0.4, -0.2) is 31.8 Å². The van der Waals surface area contributed by atoms with Crippen molar-refractivity contribution >= 4 is 16.9 Å². The van der Waals surface area contributed by atoms with Crippen molar-refractivity contribution in [2.75, 3.05) is 6.54 Å². The van der Waals surface area contributed by atoms with Crippen LogP contribution in [-0.2, 0) is 24.1 Å². The number of alkyl halides is 3. The average Bonchev–Trinajstić information content (AvgIpc) is 3.06. The molecule has 30 heavy (non-hydrogen) atoms. The number of halogens is 3. The largest absolute Gasteiger partial charge is 0.416 e. The Balaban J connectivity index is 1.78. The van der Waals surface area contributed by atoms with Crippen LogP contribution in [0.5, 0.6) is 0 Å². The van der Waals surface area contributed by atoms with Crippen LogP contribution in [0.4, 0.5) is 13.2 Å². The van der Waals surface area contributed by atoms with Crippen LogP contribution in [0.1, 0.15) is 31.9 Å². The molecule has 0 aliphatic heterocycles. The van der Waals surface area contributed by atoms with E-state index in [-0.39, 0.29) is 17.8 Å². The number of nitrogens with one attached hydrogen (secondary N) is 1. The van der Waals surface area contributed by atoms with Gasteiger partial charge in [-0.05, 0) is 17.7 Å². The molecule has 3 rings (SSSR count). The van der Waals surface area contributed by atoms with E-state index in [1.54, 1.807) is 20.8 Å². The van der Waals surface area contributed by atoms with E-state index in [1.807, 2.05) is 0 Å². The van der Waals surface area contributed by atoms with E-state index >= 15 is 0 Å². The van der Waals surface area contributed by atoms with Gasteiger partial charge in [-0.1, -0.05) is 32.9 Å². The van der Waals surface area contributed by atoms with Gasteiger partial charge in [0.2, 0.25) is 5.91 Å². The maximum absolute atomic E-state index is 12.9. The van der Waals surface area contributed by atoms with Gasteiger partial charge >= 0.3 is 6.18 Å². The first-order valence-electron chi connectivity index (χ1n) is 9.32. The Hall–Kier alpha value is -3.17. The number of benzene rings is 1. The minimum Gasteiger partial charge on any atom is -0.354 e. The van der Waals surface area contributed by atoms with Gasteiger partial charge in [-0.2, -0.15) is 18.3 Å². The second-order valence-electron chi connectivity index (χ2n) is 7.99. The van der Waals surface area contributed by atoms with Crippen LogP contribution in [0, 0.1) is 5.41 Å². The summed E-state index contributed by atoms with van der Waals surface area (Å²) in [4.78, 5) is 28.9. The highest BCUT2D eigenvalue weighted by molar-refractivity contribution is 5.81. The van der Waals surface area contributed by atoms with Crippen molar-refractivity contribution in [1.29, 1.82) is 0 Å². The average molecular weight is 421 g/mol. The van der Waals surface area contributed by atoms with Crippen molar-refractivity contribution in [2.45, 2.75) is 40.0 Å². The fourth-order valence-electron chi connectivity index (χ4n) is 2.86. The van der Waals surface area contributed by atoms with E-state index in [0.29, 0.717) is 24.3 Å². The first-order valence-corrected chi connectivity index (χ1v) is 9.32. The molecule has 10 heteroatoms. The van der Waals surface area contributed by atoms with Crippen molar-refractivity contribution in [3.05, 3.63) is 58.3 Å². The Morgan fingerprint density at radius 3 is 2.60 bits per heavy atom. The number of fused-ring (bicyclic) bond motifs is 1. The van der Waals surface area contributed by atoms with Gasteiger partial charge < -0.3 is 5.32 Å². The molecule has 0 unspecified atom stereocenters. The molecule has 1 amide bonds. The van der Waals surface area contributed by atoms with E-state index in [2.05, 4.69) is 15.4 Å². The van der Waals surface area contributed by atoms with Gasteiger partial charge in [0.1, 0.15) is 11.7 Å². The fraction of sp³-hybridized carbons (Fsp3) is 0.400. The molecule has 1 aromatic carbocycles. The molecule has 0 fully saturated rings. The summed E-state index contributed by atoms with van der Waals surface area (Å²) in [5.74, 6) is -0.102. The van der Waals surface area contributed by atoms with Crippen molar-refractivity contribution in [2.24, 2.45) is 5.41 Å². The van der Waals surface area contributed by atoms with Gasteiger partial charge in [-0.15, -0.1) is 0 Å². The summed E-state index contributed by atoms with van der Waals surface area (Å²) in [6.45, 7) is 6.02. The SMILES string of the molecule is CC(C)(C)C(=O)NCCn1ncc2c(=O)n(Cc3cccc(C(F)(F)F)c3)cnc21. The zero-order chi connectivity index (χ0) is 22.1. The van der Waals surface area contributed by atoms with Crippen molar-refractivity contribution in [3.8, 4) is 0 Å². The van der Waals surface area contributed by atoms with Gasteiger partial charge in [0, 0.05) is 12.0 Å². The van der Waals surface area contributed by atoms with Crippen LogP contribution >= 0.6 is 0 Å². The second-order valence-corrected chi connectivity index (χ2v) is 7.99. The zero-order valence-electron chi connectivity index (χ0n) is 16.8. The highest BCUT2D eigenvalue weighted by atomic mass is 19.4. The number of hydrogen-bond acceptors (Lipinski definition) is 4. The van der Waals surface area contributed by atoms with Crippen LogP contribution in [0.3, 0.4) is 0 Å². The molecule has 0 aliphatic carbocycles. The lowest BCUT2D eigenvalue weighted by molar-refractivity contribution is -0.137. The summed E-state index contributed by atoms with van der Waals surface area (Å²) < 4.78 is 41.4.